The van der Waals surface area contributed by atoms with E-state index in [1.807, 2.05) is 0 Å². The summed E-state index contributed by atoms with van der Waals surface area (Å²) in [5, 5.41) is 5.80. The van der Waals surface area contributed by atoms with Crippen LogP contribution in [-0.4, -0.2) is 6.54 Å². The summed E-state index contributed by atoms with van der Waals surface area (Å²) in [5.41, 5.74) is 4.09. The molecular formula is C15H18BrNS. The molecule has 1 atom stereocenters. The van der Waals surface area contributed by atoms with Crippen molar-refractivity contribution in [3.63, 3.8) is 0 Å². The van der Waals surface area contributed by atoms with Crippen molar-refractivity contribution >= 4 is 27.3 Å². The van der Waals surface area contributed by atoms with Gasteiger partial charge in [0.15, 0.2) is 0 Å². The molecule has 96 valence electrons. The molecule has 0 saturated carbocycles. The van der Waals surface area contributed by atoms with Gasteiger partial charge in [0.25, 0.3) is 0 Å². The zero-order chi connectivity index (χ0) is 13.0. The van der Waals surface area contributed by atoms with Crippen molar-refractivity contribution in [2.24, 2.45) is 0 Å². The Balaban J connectivity index is 2.16. The first-order valence-electron chi connectivity index (χ1n) is 6.22. The van der Waals surface area contributed by atoms with E-state index in [1.165, 1.54) is 20.5 Å². The van der Waals surface area contributed by atoms with Gasteiger partial charge in [-0.1, -0.05) is 36.8 Å². The Kier molecular flexibility index (Phi) is 4.98. The smallest absolute Gasteiger partial charge is 0.0701 e. The minimum atomic E-state index is 0.402. The molecule has 0 amide bonds. The van der Waals surface area contributed by atoms with E-state index >= 15 is 0 Å². The maximum absolute atomic E-state index is 3.57. The summed E-state index contributed by atoms with van der Waals surface area (Å²) < 4.78 is 1.20. The van der Waals surface area contributed by atoms with Gasteiger partial charge >= 0.3 is 0 Å². The number of halogens is 1. The maximum Gasteiger partial charge on any atom is 0.0701 e. The predicted molar refractivity (Wildman–Crippen MR) is 83.3 cm³/mol. The van der Waals surface area contributed by atoms with Crippen molar-refractivity contribution in [2.45, 2.75) is 26.3 Å². The molecule has 0 spiro atoms. The van der Waals surface area contributed by atoms with Crippen LogP contribution in [0.4, 0.5) is 0 Å². The van der Waals surface area contributed by atoms with Crippen molar-refractivity contribution in [3.05, 3.63) is 56.2 Å². The van der Waals surface area contributed by atoms with E-state index in [9.17, 15) is 0 Å². The Morgan fingerprint density at radius 1 is 1.33 bits per heavy atom. The molecule has 1 N–H and O–H groups in total. The Labute approximate surface area is 121 Å². The van der Waals surface area contributed by atoms with Crippen LogP contribution in [0.15, 0.2) is 39.5 Å². The highest BCUT2D eigenvalue weighted by molar-refractivity contribution is 9.11. The van der Waals surface area contributed by atoms with E-state index in [-0.39, 0.29) is 0 Å². The molecule has 3 heteroatoms. The second-order valence-electron chi connectivity index (χ2n) is 4.49. The lowest BCUT2D eigenvalue weighted by Gasteiger charge is -2.17. The number of rotatable bonds is 5. The van der Waals surface area contributed by atoms with Crippen LogP contribution >= 0.6 is 27.3 Å². The van der Waals surface area contributed by atoms with E-state index < -0.39 is 0 Å². The van der Waals surface area contributed by atoms with Crippen LogP contribution in [0.2, 0.25) is 0 Å². The van der Waals surface area contributed by atoms with Crippen LogP contribution < -0.4 is 5.32 Å². The third kappa shape index (κ3) is 3.67. The minimum absolute atomic E-state index is 0.402. The molecule has 0 aliphatic heterocycles. The number of likely N-dealkylation sites (N-methyl/N-ethyl adjacent to an activating group) is 1. The standard InChI is InChI=1S/C15H18BrNS/c1-3-17-14(13-9-15(16)18-10-13)8-12-6-4-5-11(2)7-12/h4-7,9-10,14,17H,3,8H2,1-2H3. The third-order valence-corrected chi connectivity index (χ3v) is 4.49. The highest BCUT2D eigenvalue weighted by Gasteiger charge is 2.12. The fourth-order valence-corrected chi connectivity index (χ4v) is 3.37. The largest absolute Gasteiger partial charge is 0.310 e. The molecule has 0 saturated heterocycles. The molecule has 0 aliphatic rings. The topological polar surface area (TPSA) is 12.0 Å². The minimum Gasteiger partial charge on any atom is -0.310 e. The Morgan fingerprint density at radius 2 is 2.17 bits per heavy atom. The Morgan fingerprint density at radius 3 is 2.78 bits per heavy atom. The quantitative estimate of drug-likeness (QED) is 0.840. The molecule has 0 aliphatic carbocycles. The highest BCUT2D eigenvalue weighted by atomic mass is 79.9. The molecule has 1 unspecified atom stereocenters. The third-order valence-electron chi connectivity index (χ3n) is 2.96. The van der Waals surface area contributed by atoms with Crippen LogP contribution in [0.1, 0.15) is 29.7 Å². The molecule has 18 heavy (non-hydrogen) atoms. The van der Waals surface area contributed by atoms with E-state index in [4.69, 9.17) is 0 Å². The number of aryl methyl sites for hydroxylation is 1. The predicted octanol–water partition coefficient (Wildman–Crippen LogP) is 4.71. The summed E-state index contributed by atoms with van der Waals surface area (Å²) in [7, 11) is 0. The molecule has 1 nitrogen and oxygen atoms in total. The Bertz CT molecular complexity index is 507. The monoisotopic (exact) mass is 323 g/mol. The average Bonchev–Trinajstić information content (AvgIpc) is 2.75. The van der Waals surface area contributed by atoms with Crippen molar-refractivity contribution in [2.75, 3.05) is 6.54 Å². The first-order chi connectivity index (χ1) is 8.69. The number of hydrogen-bond acceptors (Lipinski definition) is 2. The molecule has 1 heterocycles. The number of benzene rings is 1. The number of nitrogens with one attached hydrogen (secondary N) is 1. The van der Waals surface area contributed by atoms with Crippen LogP contribution in [0.5, 0.6) is 0 Å². The molecular weight excluding hydrogens is 306 g/mol. The van der Waals surface area contributed by atoms with Gasteiger partial charge < -0.3 is 5.32 Å². The molecule has 2 aromatic rings. The summed E-state index contributed by atoms with van der Waals surface area (Å²) in [6, 6.07) is 11.4. The zero-order valence-electron chi connectivity index (χ0n) is 10.7. The lowest BCUT2D eigenvalue weighted by Crippen LogP contribution is -2.22. The SMILES string of the molecule is CCNC(Cc1cccc(C)c1)c1csc(Br)c1. The summed E-state index contributed by atoms with van der Waals surface area (Å²) in [6.45, 7) is 5.29. The molecule has 0 bridgehead atoms. The lowest BCUT2D eigenvalue weighted by atomic mass is 10.00. The number of thiophene rings is 1. The first-order valence-corrected chi connectivity index (χ1v) is 7.89. The first kappa shape index (κ1) is 13.8. The van der Waals surface area contributed by atoms with E-state index in [0.29, 0.717) is 6.04 Å². The van der Waals surface area contributed by atoms with Crippen molar-refractivity contribution < 1.29 is 0 Å². The van der Waals surface area contributed by atoms with Crippen molar-refractivity contribution in [3.8, 4) is 0 Å². The molecule has 0 radical (unpaired) electrons. The van der Waals surface area contributed by atoms with Gasteiger partial charge in [0.2, 0.25) is 0 Å². The Hall–Kier alpha value is -0.640. The van der Waals surface area contributed by atoms with Crippen LogP contribution in [0.3, 0.4) is 0 Å². The zero-order valence-corrected chi connectivity index (χ0v) is 13.1. The van der Waals surface area contributed by atoms with Gasteiger partial charge in [-0.15, -0.1) is 11.3 Å². The van der Waals surface area contributed by atoms with Crippen LogP contribution in [0.25, 0.3) is 0 Å². The van der Waals surface area contributed by atoms with Crippen LogP contribution in [0, 0.1) is 6.92 Å². The summed E-state index contributed by atoms with van der Waals surface area (Å²) >= 11 is 5.29. The van der Waals surface area contributed by atoms with Gasteiger partial charge in [0.05, 0.1) is 3.79 Å². The van der Waals surface area contributed by atoms with Crippen molar-refractivity contribution in [1.82, 2.24) is 5.32 Å². The maximum atomic E-state index is 3.57. The van der Waals surface area contributed by atoms with Crippen molar-refractivity contribution in [1.29, 1.82) is 0 Å². The van der Waals surface area contributed by atoms with Gasteiger partial charge in [0, 0.05) is 6.04 Å². The highest BCUT2D eigenvalue weighted by Crippen LogP contribution is 2.27. The molecule has 1 aromatic carbocycles. The van der Waals surface area contributed by atoms with Gasteiger partial charge in [0.1, 0.15) is 0 Å². The molecule has 1 aromatic heterocycles. The van der Waals surface area contributed by atoms with Gasteiger partial charge in [-0.25, -0.2) is 0 Å². The van der Waals surface area contributed by atoms with Gasteiger partial charge in [-0.05, 0) is 58.4 Å². The second-order valence-corrected chi connectivity index (χ2v) is 6.78. The fraction of sp³-hybridized carbons (Fsp3) is 0.333. The molecule has 2 rings (SSSR count). The summed E-state index contributed by atoms with van der Waals surface area (Å²) in [5.74, 6) is 0. The van der Waals surface area contributed by atoms with Crippen LogP contribution in [-0.2, 0) is 6.42 Å². The fourth-order valence-electron chi connectivity index (χ4n) is 2.14. The molecule has 0 fully saturated rings. The summed E-state index contributed by atoms with van der Waals surface area (Å²) in [6.07, 6.45) is 1.04. The van der Waals surface area contributed by atoms with E-state index in [1.54, 1.807) is 11.3 Å². The number of hydrogen-bond donors (Lipinski definition) is 1. The van der Waals surface area contributed by atoms with E-state index in [2.05, 4.69) is 70.8 Å². The lowest BCUT2D eigenvalue weighted by molar-refractivity contribution is 0.551. The van der Waals surface area contributed by atoms with Gasteiger partial charge in [-0.2, -0.15) is 0 Å². The summed E-state index contributed by atoms with van der Waals surface area (Å²) in [4.78, 5) is 0. The van der Waals surface area contributed by atoms with E-state index in [0.717, 1.165) is 13.0 Å². The average molecular weight is 324 g/mol. The van der Waals surface area contributed by atoms with Gasteiger partial charge in [-0.3, -0.25) is 0 Å². The second kappa shape index (κ2) is 6.50. The normalized spacial score (nSPS) is 12.6.